The first-order valence-corrected chi connectivity index (χ1v) is 11.5. The maximum Gasteiger partial charge on any atom is 0.324 e. The predicted molar refractivity (Wildman–Crippen MR) is 117 cm³/mol. The SMILES string of the molecule is COC(=O)[C@@H]1N[C@H](c2ccc3ccccc3c2)[C@H](C(C)=O)[C@H]1S(=O)(=O)c1ccccc1. The number of esters is 1. The molecule has 0 unspecified atom stereocenters. The first-order chi connectivity index (χ1) is 14.8. The quantitative estimate of drug-likeness (QED) is 0.617. The van der Waals surface area contributed by atoms with Gasteiger partial charge in [0.1, 0.15) is 17.1 Å². The van der Waals surface area contributed by atoms with Gasteiger partial charge in [0.25, 0.3) is 0 Å². The first-order valence-electron chi connectivity index (χ1n) is 9.96. The van der Waals surface area contributed by atoms with Crippen LogP contribution in [0.2, 0.25) is 0 Å². The number of sulfone groups is 1. The van der Waals surface area contributed by atoms with Gasteiger partial charge in [0.2, 0.25) is 0 Å². The van der Waals surface area contributed by atoms with Gasteiger partial charge in [-0.15, -0.1) is 0 Å². The van der Waals surface area contributed by atoms with Gasteiger partial charge < -0.3 is 4.74 Å². The van der Waals surface area contributed by atoms with Gasteiger partial charge >= 0.3 is 5.97 Å². The fourth-order valence-electron chi connectivity index (χ4n) is 4.43. The van der Waals surface area contributed by atoms with E-state index < -0.39 is 39.1 Å². The summed E-state index contributed by atoms with van der Waals surface area (Å²) in [6, 6.07) is 19.6. The monoisotopic (exact) mass is 437 g/mol. The van der Waals surface area contributed by atoms with Crippen LogP contribution in [0.4, 0.5) is 0 Å². The second-order valence-corrected chi connectivity index (χ2v) is 9.82. The van der Waals surface area contributed by atoms with Crippen molar-refractivity contribution in [2.24, 2.45) is 5.92 Å². The van der Waals surface area contributed by atoms with Crippen LogP contribution in [0.5, 0.6) is 0 Å². The standard InChI is InChI=1S/C24H23NO5S/c1-15(26)20-21(18-13-12-16-8-6-7-9-17(16)14-18)25-22(24(27)30-2)23(20)31(28,29)19-10-4-3-5-11-19/h3-14,20-23,25H,1-2H3/t20-,21+,22+,23+/m0/s1. The summed E-state index contributed by atoms with van der Waals surface area (Å²) >= 11 is 0. The minimum atomic E-state index is -4.00. The molecule has 7 heteroatoms. The molecule has 3 aromatic rings. The van der Waals surface area contributed by atoms with Gasteiger partial charge in [0.15, 0.2) is 9.84 Å². The number of methoxy groups -OCH3 is 1. The predicted octanol–water partition coefficient (Wildman–Crippen LogP) is 3.07. The molecule has 31 heavy (non-hydrogen) atoms. The first kappa shape index (κ1) is 21.2. The zero-order valence-corrected chi connectivity index (χ0v) is 18.0. The van der Waals surface area contributed by atoms with Crippen LogP contribution < -0.4 is 5.32 Å². The molecule has 160 valence electrons. The van der Waals surface area contributed by atoms with E-state index in [4.69, 9.17) is 4.74 Å². The lowest BCUT2D eigenvalue weighted by molar-refractivity contribution is -0.142. The van der Waals surface area contributed by atoms with Crippen LogP contribution in [0.3, 0.4) is 0 Å². The summed E-state index contributed by atoms with van der Waals surface area (Å²) in [6.07, 6.45) is 0. The minimum absolute atomic E-state index is 0.0705. The van der Waals surface area contributed by atoms with Crippen LogP contribution in [-0.4, -0.2) is 38.6 Å². The largest absolute Gasteiger partial charge is 0.468 e. The highest BCUT2D eigenvalue weighted by molar-refractivity contribution is 7.92. The molecule has 0 aromatic heterocycles. The van der Waals surface area contributed by atoms with Crippen molar-refractivity contribution < 1.29 is 22.7 Å². The lowest BCUT2D eigenvalue weighted by Crippen LogP contribution is -2.45. The average Bonchev–Trinajstić information content (AvgIpc) is 3.21. The Hall–Kier alpha value is -3.03. The van der Waals surface area contributed by atoms with Gasteiger partial charge in [0.05, 0.1) is 17.9 Å². The van der Waals surface area contributed by atoms with Crippen molar-refractivity contribution in [1.29, 1.82) is 0 Å². The van der Waals surface area contributed by atoms with Gasteiger partial charge in [-0.25, -0.2) is 8.42 Å². The zero-order valence-electron chi connectivity index (χ0n) is 17.2. The molecular formula is C24H23NO5S. The van der Waals surface area contributed by atoms with Crippen molar-refractivity contribution in [1.82, 2.24) is 5.32 Å². The number of fused-ring (bicyclic) bond motifs is 1. The minimum Gasteiger partial charge on any atom is -0.468 e. The highest BCUT2D eigenvalue weighted by atomic mass is 32.2. The second kappa shape index (κ2) is 8.24. The topological polar surface area (TPSA) is 89.5 Å². The number of benzene rings is 3. The second-order valence-electron chi connectivity index (χ2n) is 7.71. The zero-order chi connectivity index (χ0) is 22.2. The normalized spacial score (nSPS) is 23.5. The Labute approximate surface area is 181 Å². The average molecular weight is 438 g/mol. The van der Waals surface area contributed by atoms with Gasteiger partial charge in [-0.2, -0.15) is 0 Å². The van der Waals surface area contributed by atoms with E-state index in [-0.39, 0.29) is 10.7 Å². The number of hydrogen-bond acceptors (Lipinski definition) is 6. The van der Waals surface area contributed by atoms with Gasteiger partial charge in [-0.05, 0) is 41.5 Å². The molecule has 0 aliphatic carbocycles. The summed E-state index contributed by atoms with van der Waals surface area (Å²) in [6.45, 7) is 1.37. The fraction of sp³-hybridized carbons (Fsp3) is 0.250. The Balaban J connectivity index is 1.86. The van der Waals surface area contributed by atoms with Gasteiger partial charge in [-0.3, -0.25) is 14.9 Å². The van der Waals surface area contributed by atoms with Crippen LogP contribution >= 0.6 is 0 Å². The van der Waals surface area contributed by atoms with Crippen LogP contribution in [0.15, 0.2) is 77.7 Å². The Kier molecular flexibility index (Phi) is 5.64. The molecule has 1 aliphatic heterocycles. The van der Waals surface area contributed by atoms with E-state index in [1.165, 1.54) is 26.2 Å². The number of hydrogen-bond donors (Lipinski definition) is 1. The van der Waals surface area contributed by atoms with E-state index in [9.17, 15) is 18.0 Å². The third-order valence-electron chi connectivity index (χ3n) is 5.89. The smallest absolute Gasteiger partial charge is 0.324 e. The summed E-state index contributed by atoms with van der Waals surface area (Å²) in [4.78, 5) is 25.5. The number of nitrogens with one attached hydrogen (secondary N) is 1. The lowest BCUT2D eigenvalue weighted by atomic mass is 9.89. The summed E-state index contributed by atoms with van der Waals surface area (Å²) in [5, 5.41) is 3.82. The summed E-state index contributed by atoms with van der Waals surface area (Å²) in [7, 11) is -2.79. The molecule has 3 aromatic carbocycles. The van der Waals surface area contributed by atoms with Crippen molar-refractivity contribution in [3.05, 3.63) is 78.4 Å². The molecule has 1 heterocycles. The Morgan fingerprint density at radius 3 is 2.19 bits per heavy atom. The fourth-order valence-corrected chi connectivity index (χ4v) is 6.56. The van der Waals surface area contributed by atoms with Crippen LogP contribution in [0, 0.1) is 5.92 Å². The maximum atomic E-state index is 13.6. The Morgan fingerprint density at radius 2 is 1.55 bits per heavy atom. The van der Waals surface area contributed by atoms with Crippen LogP contribution in [0.1, 0.15) is 18.5 Å². The number of ether oxygens (including phenoxy) is 1. The van der Waals surface area contributed by atoms with Gasteiger partial charge in [-0.1, -0.05) is 54.6 Å². The molecule has 0 amide bonds. The highest BCUT2D eigenvalue weighted by Crippen LogP contribution is 2.40. The molecule has 6 nitrogen and oxygen atoms in total. The number of carbonyl (C=O) groups excluding carboxylic acids is 2. The van der Waals surface area contributed by atoms with E-state index in [0.29, 0.717) is 0 Å². The van der Waals surface area contributed by atoms with Gasteiger partial charge in [0, 0.05) is 6.04 Å². The van der Waals surface area contributed by atoms with Crippen LogP contribution in [0.25, 0.3) is 10.8 Å². The molecule has 1 fully saturated rings. The van der Waals surface area contributed by atoms with E-state index in [0.717, 1.165) is 16.3 Å². The van der Waals surface area contributed by atoms with E-state index in [1.807, 2.05) is 42.5 Å². The molecule has 0 bridgehead atoms. The number of rotatable bonds is 5. The van der Waals surface area contributed by atoms with E-state index in [1.54, 1.807) is 18.2 Å². The molecule has 1 N–H and O–H groups in total. The number of ketones is 1. The number of carbonyl (C=O) groups is 2. The van der Waals surface area contributed by atoms with Crippen molar-refractivity contribution in [2.75, 3.05) is 7.11 Å². The van der Waals surface area contributed by atoms with E-state index in [2.05, 4.69) is 5.32 Å². The molecule has 0 spiro atoms. The van der Waals surface area contributed by atoms with Crippen molar-refractivity contribution in [3.8, 4) is 0 Å². The molecule has 1 aliphatic rings. The summed E-state index contributed by atoms with van der Waals surface area (Å²) in [5.41, 5.74) is 0.749. The van der Waals surface area contributed by atoms with Crippen molar-refractivity contribution in [2.45, 2.75) is 29.2 Å². The van der Waals surface area contributed by atoms with Crippen molar-refractivity contribution >= 4 is 32.4 Å². The van der Waals surface area contributed by atoms with E-state index >= 15 is 0 Å². The van der Waals surface area contributed by atoms with Crippen molar-refractivity contribution in [3.63, 3.8) is 0 Å². The Morgan fingerprint density at radius 1 is 0.903 bits per heavy atom. The highest BCUT2D eigenvalue weighted by Gasteiger charge is 2.55. The summed E-state index contributed by atoms with van der Waals surface area (Å²) < 4.78 is 32.0. The lowest BCUT2D eigenvalue weighted by Gasteiger charge is -2.23. The summed E-state index contributed by atoms with van der Waals surface area (Å²) in [5.74, 6) is -1.96. The maximum absolute atomic E-state index is 13.6. The molecule has 1 saturated heterocycles. The Bertz CT molecular complexity index is 1240. The number of Topliss-reactive ketones (excluding diaryl/α,β-unsaturated/α-hetero) is 1. The third-order valence-corrected chi connectivity index (χ3v) is 8.10. The van der Waals surface area contributed by atoms with Crippen LogP contribution in [-0.2, 0) is 24.2 Å². The molecule has 4 atom stereocenters. The molecule has 4 rings (SSSR count). The molecular weight excluding hydrogens is 414 g/mol. The third kappa shape index (κ3) is 3.75. The molecule has 0 saturated carbocycles. The molecule has 0 radical (unpaired) electrons.